The van der Waals surface area contributed by atoms with E-state index in [4.69, 9.17) is 10.5 Å². The summed E-state index contributed by atoms with van der Waals surface area (Å²) in [7, 11) is 3.25. The first-order chi connectivity index (χ1) is 9.43. The quantitative estimate of drug-likeness (QED) is 0.899. The van der Waals surface area contributed by atoms with E-state index in [1.165, 1.54) is 4.68 Å². The minimum atomic E-state index is -0.320. The first-order valence-corrected chi connectivity index (χ1v) is 6.67. The number of carbonyl (C=O) groups excluding carboxylic acids is 1. The molecule has 0 aliphatic rings. The number of halogens is 1. The topological polar surface area (TPSA) is 82.2 Å². The monoisotopic (exact) mass is 338 g/mol. The Morgan fingerprint density at radius 2 is 2.20 bits per heavy atom. The van der Waals surface area contributed by atoms with Crippen LogP contribution in [-0.4, -0.2) is 22.8 Å². The lowest BCUT2D eigenvalue weighted by Gasteiger charge is -2.10. The van der Waals surface area contributed by atoms with Crippen molar-refractivity contribution in [2.75, 3.05) is 18.2 Å². The molecule has 3 N–H and O–H groups in total. The Morgan fingerprint density at radius 3 is 2.75 bits per heavy atom. The number of nitrogen functional groups attached to an aromatic ring is 1. The number of nitrogens with one attached hydrogen (secondary N) is 1. The van der Waals surface area contributed by atoms with E-state index in [-0.39, 0.29) is 5.91 Å². The molecule has 2 aromatic rings. The van der Waals surface area contributed by atoms with E-state index in [9.17, 15) is 4.79 Å². The van der Waals surface area contributed by atoms with E-state index in [0.717, 1.165) is 4.47 Å². The first kappa shape index (κ1) is 14.4. The number of nitrogens with two attached hydrogens (primary N) is 1. The minimum absolute atomic E-state index is 0.320. The number of ether oxygens (including phenoxy) is 1. The number of rotatable bonds is 3. The smallest absolute Gasteiger partial charge is 0.276 e. The van der Waals surface area contributed by atoms with Crippen molar-refractivity contribution in [2.45, 2.75) is 6.92 Å². The molecule has 1 amide bonds. The second kappa shape index (κ2) is 5.54. The molecule has 0 spiro atoms. The van der Waals surface area contributed by atoms with E-state index in [1.807, 2.05) is 0 Å². The van der Waals surface area contributed by atoms with Gasteiger partial charge in [0.25, 0.3) is 5.91 Å². The molecule has 7 heteroatoms. The van der Waals surface area contributed by atoms with Crippen LogP contribution in [0.4, 0.5) is 11.4 Å². The Bertz CT molecular complexity index is 667. The zero-order valence-corrected chi connectivity index (χ0v) is 13.0. The molecule has 0 fully saturated rings. The average Bonchev–Trinajstić information content (AvgIpc) is 2.66. The van der Waals surface area contributed by atoms with Crippen LogP contribution in [0.5, 0.6) is 5.75 Å². The lowest BCUT2D eigenvalue weighted by Crippen LogP contribution is -2.18. The van der Waals surface area contributed by atoms with Gasteiger partial charge in [-0.3, -0.25) is 9.48 Å². The Labute approximate surface area is 125 Å². The van der Waals surface area contributed by atoms with Crippen molar-refractivity contribution in [3.8, 4) is 5.75 Å². The standard InChI is InChI=1S/C13H15BrN4O2/c1-7-11(15)12(18(2)17-7)13(19)16-10-6-8(20-3)4-5-9(10)14/h4-6H,15H2,1-3H3,(H,16,19). The zero-order valence-electron chi connectivity index (χ0n) is 11.4. The van der Waals surface area contributed by atoms with Crippen LogP contribution in [0.1, 0.15) is 16.2 Å². The maximum absolute atomic E-state index is 12.3. The molecule has 1 aromatic heterocycles. The predicted molar refractivity (Wildman–Crippen MR) is 81.0 cm³/mol. The van der Waals surface area contributed by atoms with Gasteiger partial charge in [-0.05, 0) is 35.0 Å². The minimum Gasteiger partial charge on any atom is -0.497 e. The van der Waals surface area contributed by atoms with Gasteiger partial charge < -0.3 is 15.8 Å². The van der Waals surface area contributed by atoms with Crippen LogP contribution in [0, 0.1) is 6.92 Å². The molecule has 2 rings (SSSR count). The van der Waals surface area contributed by atoms with Crippen molar-refractivity contribution in [3.63, 3.8) is 0 Å². The highest BCUT2D eigenvalue weighted by molar-refractivity contribution is 9.10. The van der Waals surface area contributed by atoms with Gasteiger partial charge in [-0.1, -0.05) is 0 Å². The third-order valence-electron chi connectivity index (χ3n) is 2.91. The van der Waals surface area contributed by atoms with Gasteiger partial charge in [0, 0.05) is 17.6 Å². The third-order valence-corrected chi connectivity index (χ3v) is 3.60. The highest BCUT2D eigenvalue weighted by Crippen LogP contribution is 2.28. The van der Waals surface area contributed by atoms with E-state index < -0.39 is 0 Å². The molecule has 0 unspecified atom stereocenters. The van der Waals surface area contributed by atoms with Crippen LogP contribution in [0.25, 0.3) is 0 Å². The highest BCUT2D eigenvalue weighted by atomic mass is 79.9. The summed E-state index contributed by atoms with van der Waals surface area (Å²) in [6.07, 6.45) is 0. The SMILES string of the molecule is COc1ccc(Br)c(NC(=O)c2c(N)c(C)nn2C)c1. The predicted octanol–water partition coefficient (Wildman–Crippen LogP) is 2.33. The molecular weight excluding hydrogens is 324 g/mol. The number of methoxy groups -OCH3 is 1. The van der Waals surface area contributed by atoms with Gasteiger partial charge in [0.15, 0.2) is 0 Å². The van der Waals surface area contributed by atoms with Gasteiger partial charge in [-0.15, -0.1) is 0 Å². The fraction of sp³-hybridized carbons (Fsp3) is 0.231. The van der Waals surface area contributed by atoms with Crippen LogP contribution in [0.3, 0.4) is 0 Å². The van der Waals surface area contributed by atoms with Gasteiger partial charge in [0.05, 0.1) is 24.2 Å². The fourth-order valence-corrected chi connectivity index (χ4v) is 2.20. The van der Waals surface area contributed by atoms with Gasteiger partial charge >= 0.3 is 0 Å². The number of hydrogen-bond donors (Lipinski definition) is 2. The maximum Gasteiger partial charge on any atom is 0.276 e. The Balaban J connectivity index is 2.32. The summed E-state index contributed by atoms with van der Waals surface area (Å²) in [6.45, 7) is 1.76. The molecule has 0 bridgehead atoms. The Kier molecular flexibility index (Phi) is 3.99. The largest absolute Gasteiger partial charge is 0.497 e. The number of amides is 1. The van der Waals surface area contributed by atoms with Crippen molar-refractivity contribution in [1.82, 2.24) is 9.78 Å². The third kappa shape index (κ3) is 2.62. The van der Waals surface area contributed by atoms with E-state index in [0.29, 0.717) is 28.5 Å². The lowest BCUT2D eigenvalue weighted by atomic mass is 10.2. The second-order valence-electron chi connectivity index (χ2n) is 4.27. The summed E-state index contributed by atoms with van der Waals surface area (Å²) < 4.78 is 7.35. The van der Waals surface area contributed by atoms with Gasteiger partial charge in [0.1, 0.15) is 11.4 Å². The number of aromatic nitrogens is 2. The van der Waals surface area contributed by atoms with Gasteiger partial charge in [0.2, 0.25) is 0 Å². The highest BCUT2D eigenvalue weighted by Gasteiger charge is 2.18. The van der Waals surface area contributed by atoms with Crippen LogP contribution in [-0.2, 0) is 7.05 Å². The molecule has 0 radical (unpaired) electrons. The number of benzene rings is 1. The summed E-state index contributed by atoms with van der Waals surface area (Å²) >= 11 is 3.38. The second-order valence-corrected chi connectivity index (χ2v) is 5.13. The summed E-state index contributed by atoms with van der Waals surface area (Å²) in [6, 6.07) is 5.32. The summed E-state index contributed by atoms with van der Waals surface area (Å²) in [5.41, 5.74) is 7.81. The number of aryl methyl sites for hydroxylation is 2. The van der Waals surface area contributed by atoms with Crippen molar-refractivity contribution in [1.29, 1.82) is 0 Å². The summed E-state index contributed by atoms with van der Waals surface area (Å²) in [5.74, 6) is 0.331. The van der Waals surface area contributed by atoms with E-state index >= 15 is 0 Å². The van der Waals surface area contributed by atoms with E-state index in [1.54, 1.807) is 39.3 Å². The maximum atomic E-state index is 12.3. The Hall–Kier alpha value is -2.02. The van der Waals surface area contributed by atoms with Crippen LogP contribution in [0.2, 0.25) is 0 Å². The number of hydrogen-bond acceptors (Lipinski definition) is 4. The van der Waals surface area contributed by atoms with E-state index in [2.05, 4.69) is 26.3 Å². The zero-order chi connectivity index (χ0) is 14.9. The van der Waals surface area contributed by atoms with Crippen molar-refractivity contribution in [2.24, 2.45) is 7.05 Å². The molecule has 0 saturated heterocycles. The molecule has 106 valence electrons. The summed E-state index contributed by atoms with van der Waals surface area (Å²) in [5, 5.41) is 6.91. The van der Waals surface area contributed by atoms with Crippen LogP contribution < -0.4 is 15.8 Å². The van der Waals surface area contributed by atoms with Crippen LogP contribution in [0.15, 0.2) is 22.7 Å². The first-order valence-electron chi connectivity index (χ1n) is 5.88. The molecule has 1 aromatic carbocycles. The van der Waals surface area contributed by atoms with Crippen molar-refractivity contribution >= 4 is 33.2 Å². The number of anilines is 2. The normalized spacial score (nSPS) is 10.4. The number of carbonyl (C=O) groups is 1. The van der Waals surface area contributed by atoms with Gasteiger partial charge in [-0.25, -0.2) is 0 Å². The van der Waals surface area contributed by atoms with Crippen molar-refractivity contribution < 1.29 is 9.53 Å². The van der Waals surface area contributed by atoms with Gasteiger partial charge in [-0.2, -0.15) is 5.10 Å². The molecule has 0 aliphatic carbocycles. The number of nitrogens with zero attached hydrogens (tertiary/aromatic N) is 2. The molecule has 6 nitrogen and oxygen atoms in total. The molecule has 0 atom stereocenters. The molecular formula is C13H15BrN4O2. The van der Waals surface area contributed by atoms with Crippen LogP contribution >= 0.6 is 15.9 Å². The summed E-state index contributed by atoms with van der Waals surface area (Å²) in [4.78, 5) is 12.3. The van der Waals surface area contributed by atoms with Crippen molar-refractivity contribution in [3.05, 3.63) is 34.1 Å². The fourth-order valence-electron chi connectivity index (χ4n) is 1.85. The molecule has 0 saturated carbocycles. The molecule has 1 heterocycles. The Morgan fingerprint density at radius 1 is 1.50 bits per heavy atom. The lowest BCUT2D eigenvalue weighted by molar-refractivity contribution is 0.101. The average molecular weight is 339 g/mol. The molecule has 20 heavy (non-hydrogen) atoms. The molecule has 0 aliphatic heterocycles.